The molecule has 0 spiro atoms. The number of unbranched alkanes of at least 4 members (excludes halogenated alkanes) is 5. The Morgan fingerprint density at radius 1 is 0.850 bits per heavy atom. The van der Waals surface area contributed by atoms with Crippen LogP contribution in [0.15, 0.2) is 12.2 Å². The van der Waals surface area contributed by atoms with Crippen molar-refractivity contribution < 1.29 is 4.74 Å². The van der Waals surface area contributed by atoms with Crippen molar-refractivity contribution in [1.29, 1.82) is 0 Å². The molecule has 0 aromatic rings. The minimum atomic E-state index is 0.609. The molecule has 118 valence electrons. The third-order valence-electron chi connectivity index (χ3n) is 4.21. The van der Waals surface area contributed by atoms with Gasteiger partial charge in [-0.15, -0.1) is 0 Å². The summed E-state index contributed by atoms with van der Waals surface area (Å²) < 4.78 is 5.77. The van der Waals surface area contributed by atoms with Crippen molar-refractivity contribution in [2.75, 3.05) is 0 Å². The summed E-state index contributed by atoms with van der Waals surface area (Å²) in [6.07, 6.45) is 20.5. The van der Waals surface area contributed by atoms with Crippen LogP contribution < -0.4 is 0 Å². The van der Waals surface area contributed by atoms with E-state index in [1.807, 2.05) is 0 Å². The van der Waals surface area contributed by atoms with E-state index in [-0.39, 0.29) is 0 Å². The molecular formula is C19H36O. The van der Waals surface area contributed by atoms with Crippen LogP contribution in [0.1, 0.15) is 91.4 Å². The maximum absolute atomic E-state index is 5.77. The average molecular weight is 280 g/mol. The van der Waals surface area contributed by atoms with Gasteiger partial charge in [0.2, 0.25) is 0 Å². The molecule has 0 N–H and O–H groups in total. The highest BCUT2D eigenvalue weighted by molar-refractivity contribution is 4.85. The molecule has 1 heteroatoms. The Hall–Kier alpha value is -0.300. The molecular weight excluding hydrogens is 244 g/mol. The van der Waals surface area contributed by atoms with E-state index in [1.54, 1.807) is 0 Å². The molecule has 1 aliphatic rings. The lowest BCUT2D eigenvalue weighted by Gasteiger charge is -2.02. The third kappa shape index (κ3) is 9.58. The van der Waals surface area contributed by atoms with Gasteiger partial charge in [0, 0.05) is 0 Å². The molecule has 1 nitrogen and oxygen atoms in total. The SMILES string of the molecule is CCCC/C=C/CCCCC1OC1CCCCC(C)C. The Morgan fingerprint density at radius 3 is 2.05 bits per heavy atom. The molecule has 0 bridgehead atoms. The lowest BCUT2D eigenvalue weighted by molar-refractivity contribution is 0.347. The van der Waals surface area contributed by atoms with E-state index in [4.69, 9.17) is 4.74 Å². The summed E-state index contributed by atoms with van der Waals surface area (Å²) in [5.74, 6) is 0.858. The predicted octanol–water partition coefficient (Wildman–Crippen LogP) is 6.28. The molecule has 0 saturated carbocycles. The average Bonchev–Trinajstić information content (AvgIpc) is 3.16. The minimum Gasteiger partial charge on any atom is -0.370 e. The largest absolute Gasteiger partial charge is 0.370 e. The highest BCUT2D eigenvalue weighted by Crippen LogP contribution is 2.31. The summed E-state index contributed by atoms with van der Waals surface area (Å²) in [6, 6.07) is 0. The number of epoxide rings is 1. The second-order valence-corrected chi connectivity index (χ2v) is 6.79. The first-order valence-corrected chi connectivity index (χ1v) is 9.04. The summed E-state index contributed by atoms with van der Waals surface area (Å²) in [6.45, 7) is 6.88. The van der Waals surface area contributed by atoms with Crippen molar-refractivity contribution in [3.05, 3.63) is 12.2 Å². The van der Waals surface area contributed by atoms with E-state index >= 15 is 0 Å². The van der Waals surface area contributed by atoms with E-state index in [0.717, 1.165) is 5.92 Å². The van der Waals surface area contributed by atoms with Gasteiger partial charge in [-0.05, 0) is 38.0 Å². The highest BCUT2D eigenvalue weighted by atomic mass is 16.6. The van der Waals surface area contributed by atoms with E-state index in [2.05, 4.69) is 32.9 Å². The lowest BCUT2D eigenvalue weighted by atomic mass is 10.0. The Kier molecular flexibility index (Phi) is 10.1. The first-order valence-electron chi connectivity index (χ1n) is 9.04. The molecule has 0 aliphatic carbocycles. The molecule has 0 aromatic carbocycles. The fourth-order valence-corrected chi connectivity index (χ4v) is 2.75. The number of ether oxygens (including phenoxy) is 1. The van der Waals surface area contributed by atoms with Gasteiger partial charge >= 0.3 is 0 Å². The smallest absolute Gasteiger partial charge is 0.0841 e. The maximum Gasteiger partial charge on any atom is 0.0841 e. The van der Waals surface area contributed by atoms with Crippen molar-refractivity contribution in [3.63, 3.8) is 0 Å². The van der Waals surface area contributed by atoms with Gasteiger partial charge in [0.1, 0.15) is 0 Å². The maximum atomic E-state index is 5.77. The zero-order valence-corrected chi connectivity index (χ0v) is 14.1. The first-order chi connectivity index (χ1) is 9.74. The lowest BCUT2D eigenvalue weighted by Crippen LogP contribution is -1.95. The van der Waals surface area contributed by atoms with E-state index in [1.165, 1.54) is 70.6 Å². The quantitative estimate of drug-likeness (QED) is 0.220. The van der Waals surface area contributed by atoms with Gasteiger partial charge in [0.05, 0.1) is 12.2 Å². The molecule has 0 radical (unpaired) electrons. The van der Waals surface area contributed by atoms with Gasteiger partial charge in [-0.2, -0.15) is 0 Å². The van der Waals surface area contributed by atoms with Gasteiger partial charge in [-0.25, -0.2) is 0 Å². The standard InChI is InChI=1S/C19H36O/c1-4-5-6-7-8-9-10-11-15-18-19(20-18)16-13-12-14-17(2)3/h7-8,17-19H,4-6,9-16H2,1-3H3/b8-7+. The Balaban J connectivity index is 1.82. The molecule has 1 aliphatic heterocycles. The predicted molar refractivity (Wildman–Crippen MR) is 89.1 cm³/mol. The summed E-state index contributed by atoms with van der Waals surface area (Å²) >= 11 is 0. The van der Waals surface area contributed by atoms with Gasteiger partial charge in [0.25, 0.3) is 0 Å². The second kappa shape index (κ2) is 11.4. The Morgan fingerprint density at radius 2 is 1.45 bits per heavy atom. The topological polar surface area (TPSA) is 12.5 Å². The molecule has 1 heterocycles. The number of hydrogen-bond donors (Lipinski definition) is 0. The number of hydrogen-bond acceptors (Lipinski definition) is 1. The van der Waals surface area contributed by atoms with Crippen LogP contribution in [0.25, 0.3) is 0 Å². The van der Waals surface area contributed by atoms with Gasteiger partial charge in [0.15, 0.2) is 0 Å². The summed E-state index contributed by atoms with van der Waals surface area (Å²) in [7, 11) is 0. The van der Waals surface area contributed by atoms with Crippen molar-refractivity contribution in [2.24, 2.45) is 5.92 Å². The molecule has 0 aromatic heterocycles. The number of allylic oxidation sites excluding steroid dienone is 2. The Labute approximate surface area is 127 Å². The summed E-state index contributed by atoms with van der Waals surface area (Å²) in [4.78, 5) is 0. The summed E-state index contributed by atoms with van der Waals surface area (Å²) in [5, 5.41) is 0. The fraction of sp³-hybridized carbons (Fsp3) is 0.895. The van der Waals surface area contributed by atoms with Crippen LogP contribution in [0.5, 0.6) is 0 Å². The molecule has 2 unspecified atom stereocenters. The number of rotatable bonds is 13. The normalized spacial score (nSPS) is 22.0. The fourth-order valence-electron chi connectivity index (χ4n) is 2.75. The van der Waals surface area contributed by atoms with Crippen molar-refractivity contribution in [1.82, 2.24) is 0 Å². The van der Waals surface area contributed by atoms with E-state index < -0.39 is 0 Å². The van der Waals surface area contributed by atoms with Crippen LogP contribution in [-0.4, -0.2) is 12.2 Å². The minimum absolute atomic E-state index is 0.609. The molecule has 1 fully saturated rings. The van der Waals surface area contributed by atoms with Crippen molar-refractivity contribution in [2.45, 2.75) is 104 Å². The third-order valence-corrected chi connectivity index (χ3v) is 4.21. The molecule has 1 rings (SSSR count). The van der Waals surface area contributed by atoms with Gasteiger partial charge in [-0.1, -0.05) is 71.4 Å². The Bertz CT molecular complexity index is 244. The molecule has 2 atom stereocenters. The van der Waals surface area contributed by atoms with Crippen molar-refractivity contribution in [3.8, 4) is 0 Å². The van der Waals surface area contributed by atoms with Crippen LogP contribution in [0.4, 0.5) is 0 Å². The van der Waals surface area contributed by atoms with Gasteiger partial charge in [-0.3, -0.25) is 0 Å². The van der Waals surface area contributed by atoms with Crippen LogP contribution in [0.3, 0.4) is 0 Å². The van der Waals surface area contributed by atoms with Crippen LogP contribution >= 0.6 is 0 Å². The molecule has 20 heavy (non-hydrogen) atoms. The zero-order valence-electron chi connectivity index (χ0n) is 14.1. The first kappa shape index (κ1) is 17.8. The van der Waals surface area contributed by atoms with Crippen molar-refractivity contribution >= 4 is 0 Å². The van der Waals surface area contributed by atoms with Crippen LogP contribution in [0, 0.1) is 5.92 Å². The zero-order chi connectivity index (χ0) is 14.6. The molecule has 1 saturated heterocycles. The summed E-state index contributed by atoms with van der Waals surface area (Å²) in [5.41, 5.74) is 0. The van der Waals surface area contributed by atoms with Crippen LogP contribution in [0.2, 0.25) is 0 Å². The van der Waals surface area contributed by atoms with E-state index in [9.17, 15) is 0 Å². The second-order valence-electron chi connectivity index (χ2n) is 6.79. The highest BCUT2D eigenvalue weighted by Gasteiger charge is 2.36. The van der Waals surface area contributed by atoms with Crippen LogP contribution in [-0.2, 0) is 4.74 Å². The monoisotopic (exact) mass is 280 g/mol. The van der Waals surface area contributed by atoms with Gasteiger partial charge < -0.3 is 4.74 Å². The van der Waals surface area contributed by atoms with E-state index in [0.29, 0.717) is 12.2 Å². The molecule has 0 amide bonds.